The molecule has 0 aromatic heterocycles. The molecule has 1 heterocycles. The first-order valence-corrected chi connectivity index (χ1v) is 13.2. The van der Waals surface area contributed by atoms with Crippen molar-refractivity contribution < 1.29 is 86.4 Å². The first kappa shape index (κ1) is 30.5. The zero-order chi connectivity index (χ0) is 27.7. The standard InChI is InChI=1S/C9H3BF12O8S4/c11-6(12,13)31(23,24)3-1-4(32(25,26)7(14,15)16)10(34(29,30)9(20,21)22)5(2-3)33(27,28)8(17,18)19/h1-2,4H. The largest absolute Gasteiger partial charge is 0.501 e. The summed E-state index contributed by atoms with van der Waals surface area (Å²) in [4.78, 5) is -6.56. The van der Waals surface area contributed by atoms with Crippen LogP contribution in [0.3, 0.4) is 0 Å². The zero-order valence-electron chi connectivity index (χ0n) is 14.7. The van der Waals surface area contributed by atoms with E-state index in [0.29, 0.717) is 0 Å². The average Bonchev–Trinajstić information content (AvgIpc) is 2.56. The van der Waals surface area contributed by atoms with Crippen molar-refractivity contribution in [2.24, 2.45) is 0 Å². The number of sulfone groups is 3. The lowest BCUT2D eigenvalue weighted by Crippen LogP contribution is -2.56. The number of rotatable bonds is 4. The van der Waals surface area contributed by atoms with E-state index in [1.807, 2.05) is 0 Å². The van der Waals surface area contributed by atoms with Crippen LogP contribution in [0.4, 0.5) is 52.7 Å². The molecule has 0 bridgehead atoms. The quantitative estimate of drug-likeness (QED) is 0.350. The SMILES string of the molecule is O=S(=O)(B1C(S(=O)(=O)C(F)(F)F)=CC(S(=O)(=O)C(F)(F)F)=CC1S(=O)(=O)C(F)(F)F)C(F)(F)F. The van der Waals surface area contributed by atoms with E-state index >= 15 is 0 Å². The van der Waals surface area contributed by atoms with Gasteiger partial charge in [-0.25, -0.2) is 33.7 Å². The fourth-order valence-electron chi connectivity index (χ4n) is 2.23. The van der Waals surface area contributed by atoms with Gasteiger partial charge in [0, 0.05) is 4.80 Å². The molecule has 34 heavy (non-hydrogen) atoms. The van der Waals surface area contributed by atoms with E-state index in [-0.39, 0.29) is 0 Å². The maximum absolute atomic E-state index is 13.0. The molecule has 8 nitrogen and oxygen atoms in total. The molecule has 1 aliphatic heterocycles. The summed E-state index contributed by atoms with van der Waals surface area (Å²) in [5, 5.41) is -4.76. The average molecular weight is 606 g/mol. The van der Waals surface area contributed by atoms with E-state index < -0.39 is 94.2 Å². The Labute approximate surface area is 180 Å². The van der Waals surface area contributed by atoms with Crippen LogP contribution in [-0.4, -0.2) is 66.8 Å². The number of halogens is 12. The molecule has 0 amide bonds. The minimum atomic E-state index is -7.74. The molecular weight excluding hydrogens is 603 g/mol. The second-order valence-corrected chi connectivity index (χ2v) is 13.9. The Hall–Kier alpha value is -1.50. The van der Waals surface area contributed by atoms with Crippen molar-refractivity contribution in [2.75, 3.05) is 0 Å². The van der Waals surface area contributed by atoms with Gasteiger partial charge in [0.15, 0.2) is 0 Å². The van der Waals surface area contributed by atoms with Crippen LogP contribution in [0.15, 0.2) is 21.9 Å². The molecule has 0 saturated heterocycles. The van der Waals surface area contributed by atoms with Crippen LogP contribution in [-0.2, 0) is 39.2 Å². The first-order valence-electron chi connectivity index (χ1n) is 7.12. The molecule has 0 radical (unpaired) electrons. The summed E-state index contributed by atoms with van der Waals surface area (Å²) in [6.07, 6.45) is -2.85. The summed E-state index contributed by atoms with van der Waals surface area (Å²) >= 11 is 0. The Morgan fingerprint density at radius 1 is 0.588 bits per heavy atom. The van der Waals surface area contributed by atoms with Crippen molar-refractivity contribution in [3.8, 4) is 0 Å². The number of alkyl halides is 12. The topological polar surface area (TPSA) is 137 Å². The monoisotopic (exact) mass is 606 g/mol. The summed E-state index contributed by atoms with van der Waals surface area (Å²) in [5.41, 5.74) is -27.5. The van der Waals surface area contributed by atoms with Crippen molar-refractivity contribution in [1.29, 1.82) is 0 Å². The van der Waals surface area contributed by atoms with Crippen LogP contribution in [0.1, 0.15) is 0 Å². The molecule has 1 aliphatic rings. The predicted octanol–water partition coefficient (Wildman–Crippen LogP) is 1.94. The summed E-state index contributed by atoms with van der Waals surface area (Å²) in [5.74, 6) is -4.93. The van der Waals surface area contributed by atoms with Crippen molar-refractivity contribution >= 4 is 45.2 Å². The third kappa shape index (κ3) is 4.78. The lowest BCUT2D eigenvalue weighted by Gasteiger charge is -2.29. The van der Waals surface area contributed by atoms with E-state index in [2.05, 4.69) is 0 Å². The molecule has 0 aromatic rings. The minimum absolute atomic E-state index is 1.39. The second-order valence-electron chi connectivity index (χ2n) is 5.88. The van der Waals surface area contributed by atoms with Gasteiger partial charge in [-0.15, -0.1) is 0 Å². The fraction of sp³-hybridized carbons (Fsp3) is 0.556. The molecule has 1 rings (SSSR count). The number of hydrogen-bond acceptors (Lipinski definition) is 8. The molecule has 0 N–H and O–H groups in total. The summed E-state index contributed by atoms with van der Waals surface area (Å²) in [6, 6.07) is 0. The van der Waals surface area contributed by atoms with Gasteiger partial charge in [-0.05, 0) is 6.08 Å². The maximum atomic E-state index is 13.0. The van der Waals surface area contributed by atoms with Crippen LogP contribution in [0, 0.1) is 0 Å². The van der Waals surface area contributed by atoms with E-state index in [1.54, 1.807) is 0 Å². The molecule has 0 saturated carbocycles. The molecule has 25 heteroatoms. The van der Waals surface area contributed by atoms with Gasteiger partial charge < -0.3 is 0 Å². The second kappa shape index (κ2) is 8.01. The predicted molar refractivity (Wildman–Crippen MR) is 85.6 cm³/mol. The van der Waals surface area contributed by atoms with Gasteiger partial charge in [-0.3, -0.25) is 0 Å². The third-order valence-corrected chi connectivity index (χ3v) is 10.8. The molecule has 198 valence electrons. The van der Waals surface area contributed by atoms with Gasteiger partial charge in [-0.2, -0.15) is 52.7 Å². The van der Waals surface area contributed by atoms with E-state index in [4.69, 9.17) is 0 Å². The first-order chi connectivity index (χ1) is 14.5. The van der Waals surface area contributed by atoms with E-state index in [1.165, 1.54) is 0 Å². The summed E-state index contributed by atoms with van der Waals surface area (Å²) in [7, 11) is -30.3. The van der Waals surface area contributed by atoms with E-state index in [9.17, 15) is 86.4 Å². The zero-order valence-corrected chi connectivity index (χ0v) is 18.0. The van der Waals surface area contributed by atoms with Gasteiger partial charge in [0.2, 0.25) is 19.5 Å². The van der Waals surface area contributed by atoms with Gasteiger partial charge in [-0.1, -0.05) is 6.08 Å². The van der Waals surface area contributed by atoms with Crippen molar-refractivity contribution in [3.05, 3.63) is 21.9 Å². The lowest BCUT2D eigenvalue weighted by atomic mass is 9.68. The summed E-state index contributed by atoms with van der Waals surface area (Å²) < 4.78 is 248. The molecule has 0 fully saturated rings. The third-order valence-electron chi connectivity index (χ3n) is 3.76. The van der Waals surface area contributed by atoms with Crippen molar-refractivity contribution in [2.45, 2.75) is 27.2 Å². The highest BCUT2D eigenvalue weighted by Gasteiger charge is 2.69. The van der Waals surface area contributed by atoms with Gasteiger partial charge >= 0.3 is 28.0 Å². The Bertz CT molecular complexity index is 1340. The van der Waals surface area contributed by atoms with Crippen molar-refractivity contribution in [3.63, 3.8) is 0 Å². The maximum Gasteiger partial charge on any atom is 0.501 e. The Morgan fingerprint density at radius 3 is 1.26 bits per heavy atom. The summed E-state index contributed by atoms with van der Waals surface area (Å²) in [6.45, 7) is 0. The molecule has 0 aromatic carbocycles. The normalized spacial score (nSPS) is 20.1. The highest BCUT2D eigenvalue weighted by Crippen LogP contribution is 2.45. The highest BCUT2D eigenvalue weighted by atomic mass is 32.2. The molecule has 0 aliphatic carbocycles. The number of hydrogen-bond donors (Lipinski definition) is 0. The van der Waals surface area contributed by atoms with Crippen LogP contribution in [0.2, 0.25) is 0 Å². The van der Waals surface area contributed by atoms with Gasteiger partial charge in [0.25, 0.3) is 19.7 Å². The molecular formula is C9H3BF12O8S4. The smallest absolute Gasteiger partial charge is 0.232 e. The van der Waals surface area contributed by atoms with Crippen LogP contribution in [0.5, 0.6) is 0 Å². The fourth-order valence-corrected chi connectivity index (χ4v) is 8.19. The lowest BCUT2D eigenvalue weighted by molar-refractivity contribution is -0.0442. The van der Waals surface area contributed by atoms with Crippen LogP contribution in [0.25, 0.3) is 0 Å². The van der Waals surface area contributed by atoms with Crippen LogP contribution < -0.4 is 0 Å². The van der Waals surface area contributed by atoms with Gasteiger partial charge in [0.05, 0.1) is 10.1 Å². The van der Waals surface area contributed by atoms with Crippen LogP contribution >= 0.6 is 0 Å². The Kier molecular flexibility index (Phi) is 7.19. The molecule has 0 spiro atoms. The minimum Gasteiger partial charge on any atom is -0.232 e. The van der Waals surface area contributed by atoms with E-state index in [0.717, 1.165) is 0 Å². The molecule has 1 unspecified atom stereocenters. The molecule has 1 atom stereocenters. The van der Waals surface area contributed by atoms with Gasteiger partial charge in [0.1, 0.15) is 0 Å². The number of allylic oxidation sites excluding steroid dienone is 1. The highest BCUT2D eigenvalue weighted by molar-refractivity contribution is 8.25. The Balaban J connectivity index is 4.44. The van der Waals surface area contributed by atoms with Crippen molar-refractivity contribution in [1.82, 2.24) is 0 Å². The Morgan fingerprint density at radius 2 is 0.971 bits per heavy atom.